The first-order valence-electron chi connectivity index (χ1n) is 8.52. The highest BCUT2D eigenvalue weighted by Gasteiger charge is 2.30. The second-order valence-corrected chi connectivity index (χ2v) is 6.84. The average Bonchev–Trinajstić information content (AvgIpc) is 3.02. The third kappa shape index (κ3) is 4.22. The Kier molecular flexibility index (Phi) is 5.15. The van der Waals surface area contributed by atoms with Crippen LogP contribution in [0.15, 0.2) is 30.5 Å². The fourth-order valence-corrected chi connectivity index (χ4v) is 3.41. The zero-order valence-electron chi connectivity index (χ0n) is 14.2. The minimum Gasteiger partial charge on any atom is -0.328 e. The minimum atomic E-state index is -4.32. The summed E-state index contributed by atoms with van der Waals surface area (Å²) >= 11 is 0. The van der Waals surface area contributed by atoms with Crippen LogP contribution < -0.4 is 5.73 Å². The predicted molar refractivity (Wildman–Crippen MR) is 90.7 cm³/mol. The number of H-pyrrole nitrogens is 1. The summed E-state index contributed by atoms with van der Waals surface area (Å²) in [6.07, 6.45) is -0.315. The lowest BCUT2D eigenvalue weighted by atomic mass is 9.92. The van der Waals surface area contributed by atoms with Crippen LogP contribution in [0.25, 0.3) is 11.3 Å². The van der Waals surface area contributed by atoms with Gasteiger partial charge < -0.3 is 5.73 Å². The number of nitrogens with zero attached hydrogens (tertiary/aromatic N) is 2. The van der Waals surface area contributed by atoms with Gasteiger partial charge >= 0.3 is 6.18 Å². The van der Waals surface area contributed by atoms with Crippen LogP contribution in [0.5, 0.6) is 0 Å². The number of aromatic amines is 1. The Morgan fingerprint density at radius 2 is 2.04 bits per heavy atom. The standard InChI is InChI=1S/C18H23F3N4/c1-12(22)14-3-2-8-25(10-14)11-15-9-23-24-17(15)13-4-6-16(7-5-13)18(19,20)21/h4-7,9,12,14H,2-3,8,10-11,22H2,1H3,(H,23,24). The van der Waals surface area contributed by atoms with E-state index >= 15 is 0 Å². The van der Waals surface area contributed by atoms with Gasteiger partial charge in [0.15, 0.2) is 0 Å². The number of halogens is 3. The smallest absolute Gasteiger partial charge is 0.328 e. The summed E-state index contributed by atoms with van der Waals surface area (Å²) < 4.78 is 38.1. The maximum absolute atomic E-state index is 12.7. The number of hydrogen-bond donors (Lipinski definition) is 2. The molecule has 3 rings (SSSR count). The van der Waals surface area contributed by atoms with Crippen molar-refractivity contribution in [1.29, 1.82) is 0 Å². The van der Waals surface area contributed by atoms with E-state index in [4.69, 9.17) is 5.73 Å². The van der Waals surface area contributed by atoms with Crippen LogP contribution in [0.2, 0.25) is 0 Å². The summed E-state index contributed by atoms with van der Waals surface area (Å²) in [7, 11) is 0. The van der Waals surface area contributed by atoms with Gasteiger partial charge in [-0.15, -0.1) is 0 Å². The molecule has 0 bridgehead atoms. The molecule has 1 aromatic heterocycles. The first-order valence-corrected chi connectivity index (χ1v) is 8.52. The summed E-state index contributed by atoms with van der Waals surface area (Å²) in [5.74, 6) is 0.482. The molecule has 2 heterocycles. The molecule has 2 unspecified atom stereocenters. The Bertz CT molecular complexity index is 691. The van der Waals surface area contributed by atoms with Gasteiger partial charge in [-0.2, -0.15) is 18.3 Å². The van der Waals surface area contributed by atoms with Crippen molar-refractivity contribution in [3.8, 4) is 11.3 Å². The topological polar surface area (TPSA) is 57.9 Å². The molecule has 1 aliphatic rings. The van der Waals surface area contributed by atoms with E-state index in [9.17, 15) is 13.2 Å². The van der Waals surface area contributed by atoms with E-state index in [2.05, 4.69) is 15.1 Å². The van der Waals surface area contributed by atoms with E-state index in [-0.39, 0.29) is 6.04 Å². The number of aromatic nitrogens is 2. The second kappa shape index (κ2) is 7.17. The van der Waals surface area contributed by atoms with Crippen LogP contribution in [0.3, 0.4) is 0 Å². The third-order valence-corrected chi connectivity index (χ3v) is 4.90. The van der Waals surface area contributed by atoms with Gasteiger partial charge in [0.25, 0.3) is 0 Å². The van der Waals surface area contributed by atoms with Gasteiger partial charge in [0, 0.05) is 24.7 Å². The van der Waals surface area contributed by atoms with Crippen LogP contribution >= 0.6 is 0 Å². The molecule has 136 valence electrons. The summed E-state index contributed by atoms with van der Waals surface area (Å²) in [6, 6.07) is 5.35. The van der Waals surface area contributed by atoms with Gasteiger partial charge in [-0.1, -0.05) is 12.1 Å². The highest BCUT2D eigenvalue weighted by molar-refractivity contribution is 5.63. The molecular formula is C18H23F3N4. The molecule has 4 nitrogen and oxygen atoms in total. The first-order chi connectivity index (χ1) is 11.8. The molecule has 2 atom stereocenters. The maximum atomic E-state index is 12.7. The fourth-order valence-electron chi connectivity index (χ4n) is 3.41. The molecule has 25 heavy (non-hydrogen) atoms. The predicted octanol–water partition coefficient (Wildman–Crippen LogP) is 3.65. The van der Waals surface area contributed by atoms with E-state index < -0.39 is 11.7 Å². The monoisotopic (exact) mass is 352 g/mol. The Morgan fingerprint density at radius 3 is 2.68 bits per heavy atom. The van der Waals surface area contributed by atoms with E-state index in [1.807, 2.05) is 6.92 Å². The summed E-state index contributed by atoms with van der Waals surface area (Å²) in [6.45, 7) is 4.70. The van der Waals surface area contributed by atoms with Crippen molar-refractivity contribution in [3.05, 3.63) is 41.6 Å². The first kappa shape index (κ1) is 17.9. The van der Waals surface area contributed by atoms with Gasteiger partial charge in [0.05, 0.1) is 17.5 Å². The summed E-state index contributed by atoms with van der Waals surface area (Å²) in [5.41, 5.74) is 7.87. The molecule has 0 radical (unpaired) electrons. The van der Waals surface area contributed by atoms with Crippen molar-refractivity contribution in [2.45, 2.75) is 38.5 Å². The lowest BCUT2D eigenvalue weighted by Crippen LogP contribution is -2.41. The lowest BCUT2D eigenvalue weighted by molar-refractivity contribution is -0.137. The van der Waals surface area contributed by atoms with Crippen LogP contribution in [0.1, 0.15) is 30.9 Å². The molecule has 0 amide bonds. The van der Waals surface area contributed by atoms with Crippen molar-refractivity contribution in [3.63, 3.8) is 0 Å². The summed E-state index contributed by atoms with van der Waals surface area (Å²) in [5, 5.41) is 7.01. The number of piperidine rings is 1. The van der Waals surface area contributed by atoms with Gasteiger partial charge in [-0.05, 0) is 49.9 Å². The Hall–Kier alpha value is -1.86. The van der Waals surface area contributed by atoms with Crippen molar-refractivity contribution in [1.82, 2.24) is 15.1 Å². The molecule has 0 aliphatic carbocycles. The Morgan fingerprint density at radius 1 is 1.32 bits per heavy atom. The van der Waals surface area contributed by atoms with Gasteiger partial charge in [0.1, 0.15) is 0 Å². The molecular weight excluding hydrogens is 329 g/mol. The molecule has 7 heteroatoms. The quantitative estimate of drug-likeness (QED) is 0.883. The number of rotatable bonds is 4. The number of nitrogens with one attached hydrogen (secondary N) is 1. The maximum Gasteiger partial charge on any atom is 0.416 e. The molecule has 0 spiro atoms. The fraction of sp³-hybridized carbons (Fsp3) is 0.500. The number of likely N-dealkylation sites (tertiary alicyclic amines) is 1. The van der Waals surface area contributed by atoms with Crippen molar-refractivity contribution < 1.29 is 13.2 Å². The minimum absolute atomic E-state index is 0.168. The second-order valence-electron chi connectivity index (χ2n) is 6.84. The summed E-state index contributed by atoms with van der Waals surface area (Å²) in [4.78, 5) is 2.34. The molecule has 1 saturated heterocycles. The zero-order chi connectivity index (χ0) is 18.0. The third-order valence-electron chi connectivity index (χ3n) is 4.90. The molecule has 2 aromatic rings. The van der Waals surface area contributed by atoms with Crippen LogP contribution in [0.4, 0.5) is 13.2 Å². The normalized spacial score (nSPS) is 20.6. The van der Waals surface area contributed by atoms with Crippen LogP contribution in [0, 0.1) is 5.92 Å². The number of benzene rings is 1. The number of nitrogens with two attached hydrogens (primary N) is 1. The van der Waals surface area contributed by atoms with Crippen LogP contribution in [-0.2, 0) is 12.7 Å². The zero-order valence-corrected chi connectivity index (χ0v) is 14.2. The SMILES string of the molecule is CC(N)C1CCCN(Cc2cn[nH]c2-c2ccc(C(F)(F)F)cc2)C1. The Labute approximate surface area is 145 Å². The molecule has 1 aliphatic heterocycles. The van der Waals surface area contributed by atoms with Gasteiger partial charge in [-0.25, -0.2) is 0 Å². The molecule has 1 fully saturated rings. The average molecular weight is 352 g/mol. The van der Waals surface area contributed by atoms with Crippen LogP contribution in [-0.4, -0.2) is 34.2 Å². The molecule has 0 saturated carbocycles. The van der Waals surface area contributed by atoms with Gasteiger partial charge in [-0.3, -0.25) is 10.00 Å². The molecule has 3 N–H and O–H groups in total. The number of hydrogen-bond acceptors (Lipinski definition) is 3. The van der Waals surface area contributed by atoms with Gasteiger partial charge in [0.2, 0.25) is 0 Å². The van der Waals surface area contributed by atoms with Crippen molar-refractivity contribution in [2.24, 2.45) is 11.7 Å². The Balaban J connectivity index is 1.74. The molecule has 1 aromatic carbocycles. The van der Waals surface area contributed by atoms with E-state index in [0.29, 0.717) is 11.5 Å². The van der Waals surface area contributed by atoms with E-state index in [1.54, 1.807) is 6.20 Å². The number of alkyl halides is 3. The highest BCUT2D eigenvalue weighted by atomic mass is 19.4. The van der Waals surface area contributed by atoms with Crippen molar-refractivity contribution in [2.75, 3.05) is 13.1 Å². The largest absolute Gasteiger partial charge is 0.416 e. The lowest BCUT2D eigenvalue weighted by Gasteiger charge is -2.34. The van der Waals surface area contributed by atoms with E-state index in [1.165, 1.54) is 12.1 Å². The van der Waals surface area contributed by atoms with Crippen molar-refractivity contribution >= 4 is 0 Å². The highest BCUT2D eigenvalue weighted by Crippen LogP contribution is 2.31. The van der Waals surface area contributed by atoms with E-state index in [0.717, 1.165) is 55.9 Å².